The molecule has 0 saturated heterocycles. The van der Waals surface area contributed by atoms with E-state index in [0.29, 0.717) is 0 Å². The van der Waals surface area contributed by atoms with E-state index in [1.165, 1.54) is 0 Å². The van der Waals surface area contributed by atoms with Gasteiger partial charge in [-0.25, -0.2) is 27.4 Å². The van der Waals surface area contributed by atoms with Crippen LogP contribution in [0.5, 0.6) is 0 Å². The van der Waals surface area contributed by atoms with Crippen molar-refractivity contribution in [3.63, 3.8) is 0 Å². The Kier molecular flexibility index (Phi) is 33.6. The summed E-state index contributed by atoms with van der Waals surface area (Å²) >= 11 is 0. The first-order valence-corrected chi connectivity index (χ1v) is 7.92. The fraction of sp³-hybridized carbons (Fsp3) is 1.00. The molecule has 0 heterocycles. The Balaban J connectivity index is -0.0000000865. The van der Waals surface area contributed by atoms with Gasteiger partial charge in [-0.15, -0.1) is 0 Å². The monoisotopic (exact) mass is 354 g/mol. The van der Waals surface area contributed by atoms with Crippen LogP contribution >= 0.6 is 23.7 Å². The highest BCUT2D eigenvalue weighted by molar-refractivity contribution is 7.25. The second-order valence-electron chi connectivity index (χ2n) is 1.92. The maximum Gasteiger partial charge on any atom is 0.468 e. The molecule has 0 aliphatic carbocycles. The first-order chi connectivity index (χ1) is 8.31. The molecule has 19 heavy (non-hydrogen) atoms. The van der Waals surface area contributed by atoms with Crippen molar-refractivity contribution < 1.29 is 41.0 Å². The highest BCUT2D eigenvalue weighted by Crippen LogP contribution is 2.02. The molecule has 9 nitrogen and oxygen atoms in total. The number of hydrogen-bond donors (Lipinski definition) is 0. The molecular weight excluding hydrogens is 336 g/mol. The summed E-state index contributed by atoms with van der Waals surface area (Å²) in [6.07, 6.45) is 0. The van der Waals surface area contributed by atoms with Crippen molar-refractivity contribution in [2.75, 3.05) is 19.8 Å². The molecule has 114 valence electrons. The largest absolute Gasteiger partial charge is 0.468 e. The molecular formula is C6H18AlO9P3. The quantitative estimate of drug-likeness (QED) is 0.520. The van der Waals surface area contributed by atoms with Crippen LogP contribution in [0.15, 0.2) is 0 Å². The van der Waals surface area contributed by atoms with Crippen LogP contribution in [0.3, 0.4) is 0 Å². The zero-order chi connectivity index (χ0) is 15.0. The summed E-state index contributed by atoms with van der Waals surface area (Å²) in [5.74, 6) is 0. The molecule has 0 aromatic heterocycles. The molecule has 0 aromatic carbocycles. The molecule has 0 aromatic rings. The lowest BCUT2D eigenvalue weighted by Crippen LogP contribution is -1.68. The Labute approximate surface area is 123 Å². The molecule has 13 heteroatoms. The molecule has 0 unspecified atom stereocenters. The van der Waals surface area contributed by atoms with Crippen LogP contribution in [0.1, 0.15) is 20.8 Å². The molecule has 0 spiro atoms. The second-order valence-corrected chi connectivity index (χ2v) is 4.04. The fourth-order valence-electron chi connectivity index (χ4n) is 0.316. The van der Waals surface area contributed by atoms with Gasteiger partial charge in [0.05, 0.1) is 19.8 Å². The minimum atomic E-state index is -2.60. The van der Waals surface area contributed by atoms with Crippen molar-refractivity contribution in [1.82, 2.24) is 0 Å². The smallest absolute Gasteiger partial charge is 0.272 e. The first-order valence-electron chi connectivity index (χ1n) is 4.63. The van der Waals surface area contributed by atoms with Gasteiger partial charge < -0.3 is 0 Å². The zero-order valence-electron chi connectivity index (χ0n) is 10.1. The van der Waals surface area contributed by atoms with Crippen molar-refractivity contribution in [3.8, 4) is 0 Å². The molecule has 0 aliphatic heterocycles. The van der Waals surface area contributed by atoms with Crippen LogP contribution < -0.4 is 0 Å². The van der Waals surface area contributed by atoms with Gasteiger partial charge in [0.2, 0.25) is 0 Å². The molecule has 0 radical (unpaired) electrons. The van der Waals surface area contributed by atoms with Gasteiger partial charge in [-0.2, -0.15) is 0 Å². The number of rotatable bonds is 6. The van der Waals surface area contributed by atoms with E-state index < -0.39 is 23.7 Å². The van der Waals surface area contributed by atoms with E-state index in [0.717, 1.165) is 0 Å². The summed E-state index contributed by atoms with van der Waals surface area (Å²) < 4.78 is 68.5. The molecule has 0 N–H and O–H groups in total. The van der Waals surface area contributed by atoms with Crippen LogP contribution in [0, 0.1) is 0 Å². The van der Waals surface area contributed by atoms with Crippen LogP contribution in [0.4, 0.5) is 0 Å². The normalized spacial score (nSPS) is 7.74. The van der Waals surface area contributed by atoms with E-state index in [-0.39, 0.29) is 37.2 Å². The van der Waals surface area contributed by atoms with E-state index in [2.05, 4.69) is 13.6 Å². The molecule has 0 amide bonds. The predicted octanol–water partition coefficient (Wildman–Crippen LogP) is 2.15. The lowest BCUT2D eigenvalue weighted by molar-refractivity contribution is 0.320. The average molecular weight is 354 g/mol. The zero-order valence-corrected chi connectivity index (χ0v) is 12.8. The van der Waals surface area contributed by atoms with Crippen molar-refractivity contribution in [2.24, 2.45) is 0 Å². The highest BCUT2D eigenvalue weighted by Gasteiger charge is 1.80. The Morgan fingerprint density at radius 2 is 0.737 bits per heavy atom. The maximum absolute atomic E-state index is 9.41. The lowest BCUT2D eigenvalue weighted by atomic mass is 10.9. The van der Waals surface area contributed by atoms with Crippen molar-refractivity contribution in [3.05, 3.63) is 0 Å². The van der Waals surface area contributed by atoms with Crippen molar-refractivity contribution in [1.29, 1.82) is 0 Å². The van der Waals surface area contributed by atoms with Crippen LogP contribution in [-0.4, -0.2) is 37.2 Å². The molecule has 0 rings (SSSR count). The summed E-state index contributed by atoms with van der Waals surface area (Å²) in [4.78, 5) is 0. The maximum atomic E-state index is 9.41. The van der Waals surface area contributed by atoms with Crippen LogP contribution in [-0.2, 0) is 41.0 Å². The third-order valence-corrected chi connectivity index (χ3v) is 2.11. The van der Waals surface area contributed by atoms with E-state index >= 15 is 0 Å². The average Bonchev–Trinajstić information content (AvgIpc) is 2.18. The number of hydrogen-bond acceptors (Lipinski definition) is 9. The highest BCUT2D eigenvalue weighted by atomic mass is 31.1. The third kappa shape index (κ3) is 56.6. The predicted molar refractivity (Wildman–Crippen MR) is 69.7 cm³/mol. The van der Waals surface area contributed by atoms with E-state index in [9.17, 15) is 27.4 Å². The van der Waals surface area contributed by atoms with Crippen molar-refractivity contribution >= 4 is 41.1 Å². The SMILES string of the molecule is CCOP(=O)=O.CCOP(=O)=O.CCOP(=O)=O.[AlH3]. The van der Waals surface area contributed by atoms with Gasteiger partial charge in [0.25, 0.3) is 0 Å². The van der Waals surface area contributed by atoms with E-state index in [1.807, 2.05) is 0 Å². The van der Waals surface area contributed by atoms with Gasteiger partial charge in [-0.3, -0.25) is 13.6 Å². The molecule has 0 fully saturated rings. The Hall–Kier alpha value is 0.112. The summed E-state index contributed by atoms with van der Waals surface area (Å²) in [7, 11) is -7.80. The van der Waals surface area contributed by atoms with E-state index in [4.69, 9.17) is 0 Å². The standard InChI is InChI=1S/3C2H5O3P.Al.3H/c3*1-2-5-6(3)4;;;;/h3*2H2,1H3;;;;. The minimum absolute atomic E-state index is 0. The topological polar surface area (TPSA) is 130 Å². The molecule has 0 saturated carbocycles. The fourth-order valence-corrected chi connectivity index (χ4v) is 0.949. The van der Waals surface area contributed by atoms with Gasteiger partial charge in [0.1, 0.15) is 0 Å². The summed E-state index contributed by atoms with van der Waals surface area (Å²) in [6.45, 7) is 5.55. The molecule has 0 aliphatic rings. The Morgan fingerprint density at radius 3 is 0.737 bits per heavy atom. The van der Waals surface area contributed by atoms with Gasteiger partial charge in [0.15, 0.2) is 17.4 Å². The van der Waals surface area contributed by atoms with Gasteiger partial charge in [-0.05, 0) is 20.8 Å². The van der Waals surface area contributed by atoms with Gasteiger partial charge in [0, 0.05) is 0 Å². The summed E-state index contributed by atoms with van der Waals surface area (Å²) in [5, 5.41) is 0. The van der Waals surface area contributed by atoms with Crippen molar-refractivity contribution in [2.45, 2.75) is 20.8 Å². The van der Waals surface area contributed by atoms with Gasteiger partial charge in [-0.1, -0.05) is 0 Å². The Bertz CT molecular complexity index is 293. The minimum Gasteiger partial charge on any atom is -0.272 e. The lowest BCUT2D eigenvalue weighted by Gasteiger charge is -1.74. The first kappa shape index (κ1) is 27.5. The second kappa shape index (κ2) is 23.2. The molecule has 0 atom stereocenters. The summed E-state index contributed by atoms with van der Waals surface area (Å²) in [6, 6.07) is 0. The summed E-state index contributed by atoms with van der Waals surface area (Å²) in [5.41, 5.74) is 0. The van der Waals surface area contributed by atoms with Crippen LogP contribution in [0.2, 0.25) is 0 Å². The van der Waals surface area contributed by atoms with Crippen LogP contribution in [0.25, 0.3) is 0 Å². The van der Waals surface area contributed by atoms with Gasteiger partial charge >= 0.3 is 23.7 Å². The molecule has 0 bridgehead atoms. The van der Waals surface area contributed by atoms with E-state index in [1.54, 1.807) is 20.8 Å². The Morgan fingerprint density at radius 1 is 0.579 bits per heavy atom. The third-order valence-electron chi connectivity index (χ3n) is 0.704.